The van der Waals surface area contributed by atoms with Crippen LogP contribution in [0.25, 0.3) is 0 Å². The van der Waals surface area contributed by atoms with Crippen molar-refractivity contribution in [2.24, 2.45) is 5.92 Å². The van der Waals surface area contributed by atoms with E-state index >= 15 is 0 Å². The predicted molar refractivity (Wildman–Crippen MR) is 103 cm³/mol. The van der Waals surface area contributed by atoms with E-state index in [0.717, 1.165) is 28.5 Å². The first-order chi connectivity index (χ1) is 14.1. The lowest BCUT2D eigenvalue weighted by atomic mass is 9.88. The molecule has 148 valence electrons. The van der Waals surface area contributed by atoms with Gasteiger partial charge in [-0.1, -0.05) is 23.9 Å². The summed E-state index contributed by atoms with van der Waals surface area (Å²) in [4.78, 5) is 25.1. The Balaban J connectivity index is 1.30. The van der Waals surface area contributed by atoms with Crippen LogP contribution in [0.5, 0.6) is 0 Å². The van der Waals surface area contributed by atoms with Gasteiger partial charge in [0.1, 0.15) is 5.03 Å². The minimum Gasteiger partial charge on any atom is -0.400 e. The zero-order chi connectivity index (χ0) is 20.0. The molecule has 2 bridgehead atoms. The van der Waals surface area contributed by atoms with Gasteiger partial charge in [-0.3, -0.25) is 0 Å². The molecule has 2 aromatic rings. The molecule has 10 heteroatoms. The van der Waals surface area contributed by atoms with Crippen LogP contribution in [-0.4, -0.2) is 44.6 Å². The summed E-state index contributed by atoms with van der Waals surface area (Å²) >= 11 is 2.83. The lowest BCUT2D eigenvalue weighted by molar-refractivity contribution is -0.257. The van der Waals surface area contributed by atoms with E-state index < -0.39 is 17.8 Å². The number of piperidine rings is 1. The van der Waals surface area contributed by atoms with Gasteiger partial charge in [0.25, 0.3) is 0 Å². The molecule has 0 radical (unpaired) electrons. The summed E-state index contributed by atoms with van der Waals surface area (Å²) in [5.41, 5.74) is 2.73. The summed E-state index contributed by atoms with van der Waals surface area (Å²) in [5.74, 6) is -1.81. The van der Waals surface area contributed by atoms with Gasteiger partial charge in [-0.05, 0) is 30.0 Å². The van der Waals surface area contributed by atoms with Crippen molar-refractivity contribution in [1.29, 1.82) is 5.26 Å². The Morgan fingerprint density at radius 3 is 2.69 bits per heavy atom. The number of fused-ring (bicyclic) bond motifs is 3. The average molecular weight is 428 g/mol. The normalized spacial score (nSPS) is 26.9. The molecule has 8 nitrogen and oxygen atoms in total. The first-order valence-electron chi connectivity index (χ1n) is 9.23. The molecular formula is C19H16N4O4S2. The minimum atomic E-state index is -1.24. The molecule has 0 amide bonds. The molecule has 3 saturated heterocycles. The van der Waals surface area contributed by atoms with Crippen LogP contribution in [0.1, 0.15) is 35.6 Å². The Kier molecular flexibility index (Phi) is 4.53. The molecule has 3 atom stereocenters. The van der Waals surface area contributed by atoms with Crippen LogP contribution >= 0.6 is 23.5 Å². The summed E-state index contributed by atoms with van der Waals surface area (Å²) in [6.07, 6.45) is 1.27. The number of carbonyl (C=O) groups excluding carboxylic acids is 2. The number of aromatic nitrogens is 2. The van der Waals surface area contributed by atoms with Crippen molar-refractivity contribution in [2.45, 2.75) is 35.4 Å². The molecule has 29 heavy (non-hydrogen) atoms. The smallest absolute Gasteiger partial charge is 0.400 e. The van der Waals surface area contributed by atoms with Gasteiger partial charge in [-0.2, -0.15) is 14.0 Å². The number of benzene rings is 1. The fraction of sp³-hybridized carbons (Fsp3) is 0.421. The number of ether oxygens (including phenoxy) is 2. The standard InChI is InChI=1S/C19H16N4O4S2/c20-7-11-1-3-12(4-2-11)10-28-16-15(21-29-22-16)14-9-23-8-13(14)5-6-19(23)26-17(24)18(25)27-19/h1-4,13-14H,5-6,8-10H2/t13-,14-/m0/s1. The molecule has 0 N–H and O–H groups in total. The molecule has 0 saturated carbocycles. The minimum absolute atomic E-state index is 0.162. The van der Waals surface area contributed by atoms with Gasteiger partial charge < -0.3 is 9.47 Å². The van der Waals surface area contributed by atoms with E-state index in [1.807, 2.05) is 29.2 Å². The highest BCUT2D eigenvalue weighted by atomic mass is 32.2. The number of carbonyl (C=O) groups is 2. The lowest BCUT2D eigenvalue weighted by Gasteiger charge is -2.37. The summed E-state index contributed by atoms with van der Waals surface area (Å²) < 4.78 is 19.7. The quantitative estimate of drug-likeness (QED) is 0.412. The molecule has 3 fully saturated rings. The summed E-state index contributed by atoms with van der Waals surface area (Å²) in [6.45, 7) is 1.31. The van der Waals surface area contributed by atoms with Crippen molar-refractivity contribution in [3.63, 3.8) is 0 Å². The maximum Gasteiger partial charge on any atom is 0.421 e. The second-order valence-electron chi connectivity index (χ2n) is 7.35. The fourth-order valence-corrected chi connectivity index (χ4v) is 5.97. The van der Waals surface area contributed by atoms with Gasteiger partial charge in [0, 0.05) is 31.2 Å². The van der Waals surface area contributed by atoms with E-state index in [9.17, 15) is 9.59 Å². The van der Waals surface area contributed by atoms with E-state index in [-0.39, 0.29) is 5.92 Å². The number of nitrogens with zero attached hydrogens (tertiary/aromatic N) is 4. The molecule has 3 aliphatic heterocycles. The third-order valence-corrected chi connectivity index (χ3v) is 7.43. The zero-order valence-corrected chi connectivity index (χ0v) is 16.9. The summed E-state index contributed by atoms with van der Waals surface area (Å²) in [5, 5.41) is 9.83. The van der Waals surface area contributed by atoms with Crippen molar-refractivity contribution >= 4 is 35.4 Å². The molecule has 1 spiro atoms. The topological polar surface area (TPSA) is 105 Å². The maximum absolute atomic E-state index is 11.6. The molecule has 1 aromatic carbocycles. The highest BCUT2D eigenvalue weighted by molar-refractivity contribution is 7.98. The van der Waals surface area contributed by atoms with Gasteiger partial charge in [0.15, 0.2) is 0 Å². The van der Waals surface area contributed by atoms with Crippen molar-refractivity contribution in [3.05, 3.63) is 41.1 Å². The number of hydrogen-bond acceptors (Lipinski definition) is 10. The Morgan fingerprint density at radius 2 is 1.97 bits per heavy atom. The monoisotopic (exact) mass is 428 g/mol. The van der Waals surface area contributed by atoms with Crippen molar-refractivity contribution in [3.8, 4) is 6.07 Å². The molecule has 0 aliphatic carbocycles. The van der Waals surface area contributed by atoms with E-state index in [1.165, 1.54) is 11.7 Å². The molecule has 1 aromatic heterocycles. The number of rotatable bonds is 4. The van der Waals surface area contributed by atoms with Gasteiger partial charge in [0.05, 0.1) is 29.1 Å². The van der Waals surface area contributed by atoms with E-state index in [1.54, 1.807) is 11.8 Å². The van der Waals surface area contributed by atoms with Crippen LogP contribution < -0.4 is 0 Å². The summed E-state index contributed by atoms with van der Waals surface area (Å²) in [7, 11) is 0. The van der Waals surface area contributed by atoms with Crippen molar-refractivity contribution < 1.29 is 19.1 Å². The van der Waals surface area contributed by atoms with Crippen LogP contribution in [0.2, 0.25) is 0 Å². The highest BCUT2D eigenvalue weighted by Gasteiger charge is 2.59. The van der Waals surface area contributed by atoms with Gasteiger partial charge in [0.2, 0.25) is 0 Å². The van der Waals surface area contributed by atoms with Crippen LogP contribution in [0.15, 0.2) is 29.3 Å². The SMILES string of the molecule is N#Cc1ccc(CSc2nsnc2[C@H]2CN3C[C@@H]2CCC32OC(=O)C(=O)O2)cc1. The van der Waals surface area contributed by atoms with Crippen LogP contribution in [0.3, 0.4) is 0 Å². The Morgan fingerprint density at radius 1 is 1.21 bits per heavy atom. The largest absolute Gasteiger partial charge is 0.421 e. The molecule has 1 unspecified atom stereocenters. The van der Waals surface area contributed by atoms with Gasteiger partial charge in [-0.25, -0.2) is 14.5 Å². The number of esters is 2. The second kappa shape index (κ2) is 7.09. The Bertz CT molecular complexity index is 1000. The van der Waals surface area contributed by atoms with Crippen molar-refractivity contribution in [1.82, 2.24) is 13.6 Å². The van der Waals surface area contributed by atoms with Crippen LogP contribution in [0, 0.1) is 17.2 Å². The maximum atomic E-state index is 11.6. The number of hydrogen-bond donors (Lipinski definition) is 0. The molecular weight excluding hydrogens is 412 g/mol. The molecule has 3 aliphatic rings. The molecule has 4 heterocycles. The van der Waals surface area contributed by atoms with Gasteiger partial charge in [-0.15, -0.1) is 0 Å². The highest BCUT2D eigenvalue weighted by Crippen LogP contribution is 2.48. The van der Waals surface area contributed by atoms with Crippen LogP contribution in [-0.2, 0) is 24.8 Å². The Labute approximate surface area is 175 Å². The first-order valence-corrected chi connectivity index (χ1v) is 11.0. The predicted octanol–water partition coefficient (Wildman–Crippen LogP) is 2.27. The fourth-order valence-electron chi connectivity index (χ4n) is 4.24. The van der Waals surface area contributed by atoms with Crippen LogP contribution in [0.4, 0.5) is 0 Å². The Hall–Kier alpha value is -2.48. The average Bonchev–Trinajstić information content (AvgIpc) is 3.41. The van der Waals surface area contributed by atoms with E-state index in [4.69, 9.17) is 14.7 Å². The third kappa shape index (κ3) is 3.19. The second-order valence-corrected chi connectivity index (χ2v) is 8.85. The number of nitriles is 1. The van der Waals surface area contributed by atoms with Gasteiger partial charge >= 0.3 is 17.8 Å². The first kappa shape index (κ1) is 18.5. The molecule has 5 rings (SSSR count). The summed E-state index contributed by atoms with van der Waals surface area (Å²) in [6, 6.07) is 9.65. The zero-order valence-electron chi connectivity index (χ0n) is 15.2. The third-order valence-electron chi connectivity index (χ3n) is 5.72. The van der Waals surface area contributed by atoms with E-state index in [0.29, 0.717) is 31.0 Å². The van der Waals surface area contributed by atoms with Crippen molar-refractivity contribution in [2.75, 3.05) is 13.1 Å². The van der Waals surface area contributed by atoms with E-state index in [2.05, 4.69) is 14.8 Å². The lowest BCUT2D eigenvalue weighted by Crippen LogP contribution is -2.51. The number of thioether (sulfide) groups is 1.